The van der Waals surface area contributed by atoms with Crippen molar-refractivity contribution in [3.63, 3.8) is 0 Å². The fraction of sp³-hybridized carbons (Fsp3) is 0.917. The molecule has 0 aromatic heterocycles. The van der Waals surface area contributed by atoms with E-state index in [9.17, 15) is 23.1 Å². The molecule has 106 valence electrons. The third kappa shape index (κ3) is 4.48. The Morgan fingerprint density at radius 2 is 2.06 bits per heavy atom. The van der Waals surface area contributed by atoms with Crippen LogP contribution in [0.1, 0.15) is 32.6 Å². The van der Waals surface area contributed by atoms with Crippen LogP contribution < -0.4 is 5.32 Å². The minimum Gasteiger partial charge on any atom is -0.396 e. The molecule has 1 aliphatic carbocycles. The summed E-state index contributed by atoms with van der Waals surface area (Å²) >= 11 is 0. The molecule has 1 unspecified atom stereocenters. The highest BCUT2D eigenvalue weighted by Crippen LogP contribution is 2.42. The Balaban J connectivity index is 2.26. The number of rotatable bonds is 6. The maximum absolute atomic E-state index is 11.9. The molecule has 1 amide bonds. The van der Waals surface area contributed by atoms with E-state index in [1.807, 2.05) is 0 Å². The maximum Gasteiger partial charge on any atom is 0.397 e. The largest absolute Gasteiger partial charge is 0.397 e. The third-order valence-electron chi connectivity index (χ3n) is 3.61. The molecule has 1 rings (SSSR count). The van der Waals surface area contributed by atoms with Gasteiger partial charge in [0, 0.05) is 13.2 Å². The second kappa shape index (κ2) is 6.41. The Morgan fingerprint density at radius 3 is 2.56 bits per heavy atom. The number of alkyl halides is 3. The quantitative estimate of drug-likeness (QED) is 0.774. The lowest BCUT2D eigenvalue weighted by molar-refractivity contribution is -0.154. The normalized spacial score (nSPS) is 27.7. The molecule has 18 heavy (non-hydrogen) atoms. The molecule has 0 saturated heterocycles. The van der Waals surface area contributed by atoms with Crippen LogP contribution in [0.15, 0.2) is 0 Å². The van der Waals surface area contributed by atoms with Crippen molar-refractivity contribution in [3.8, 4) is 0 Å². The highest BCUT2D eigenvalue weighted by atomic mass is 19.4. The first-order valence-electron chi connectivity index (χ1n) is 6.31. The fourth-order valence-electron chi connectivity index (χ4n) is 2.65. The Kier molecular flexibility index (Phi) is 5.44. The first-order valence-corrected chi connectivity index (χ1v) is 6.31. The van der Waals surface area contributed by atoms with Crippen molar-refractivity contribution in [2.24, 2.45) is 17.8 Å². The number of hydrogen-bond acceptors (Lipinski definition) is 2. The first-order chi connectivity index (χ1) is 8.37. The van der Waals surface area contributed by atoms with Crippen molar-refractivity contribution in [1.82, 2.24) is 5.32 Å². The zero-order valence-corrected chi connectivity index (χ0v) is 10.5. The lowest BCUT2D eigenvalue weighted by Gasteiger charge is -2.44. The topological polar surface area (TPSA) is 49.3 Å². The minimum absolute atomic E-state index is 0.0461. The molecule has 2 N–H and O–H groups in total. The lowest BCUT2D eigenvalue weighted by atomic mass is 9.63. The smallest absolute Gasteiger partial charge is 0.396 e. The second-order valence-corrected chi connectivity index (χ2v) is 4.99. The molecule has 3 nitrogen and oxygen atoms in total. The summed E-state index contributed by atoms with van der Waals surface area (Å²) in [6, 6.07) is 0. The van der Waals surface area contributed by atoms with E-state index in [-0.39, 0.29) is 25.0 Å². The molecule has 0 radical (unpaired) electrons. The van der Waals surface area contributed by atoms with Gasteiger partial charge in [0.2, 0.25) is 5.91 Å². The van der Waals surface area contributed by atoms with E-state index in [4.69, 9.17) is 0 Å². The van der Waals surface area contributed by atoms with Gasteiger partial charge in [-0.1, -0.05) is 19.8 Å². The number of halogens is 3. The van der Waals surface area contributed by atoms with Gasteiger partial charge in [0.25, 0.3) is 0 Å². The second-order valence-electron chi connectivity index (χ2n) is 4.99. The molecule has 0 bridgehead atoms. The monoisotopic (exact) mass is 267 g/mol. The fourth-order valence-corrected chi connectivity index (χ4v) is 2.65. The Bertz CT molecular complexity index is 281. The Labute approximate surface area is 105 Å². The van der Waals surface area contributed by atoms with Gasteiger partial charge in [-0.25, -0.2) is 0 Å². The van der Waals surface area contributed by atoms with Crippen molar-refractivity contribution >= 4 is 5.91 Å². The van der Waals surface area contributed by atoms with Crippen LogP contribution >= 0.6 is 0 Å². The molecule has 6 heteroatoms. The summed E-state index contributed by atoms with van der Waals surface area (Å²) < 4.78 is 35.8. The summed E-state index contributed by atoms with van der Waals surface area (Å²) in [5, 5.41) is 11.5. The summed E-state index contributed by atoms with van der Waals surface area (Å²) in [6.07, 6.45) is -2.94. The third-order valence-corrected chi connectivity index (χ3v) is 3.61. The van der Waals surface area contributed by atoms with Gasteiger partial charge < -0.3 is 10.4 Å². The van der Waals surface area contributed by atoms with Gasteiger partial charge in [0.05, 0.1) is 0 Å². The predicted molar refractivity (Wildman–Crippen MR) is 60.8 cm³/mol. The molecule has 1 saturated carbocycles. The van der Waals surface area contributed by atoms with Gasteiger partial charge in [-0.05, 0) is 24.2 Å². The number of carbonyl (C=O) groups excluding carboxylic acids is 1. The number of aliphatic hydroxyl groups excluding tert-OH is 1. The number of amides is 1. The predicted octanol–water partition coefficient (Wildman–Crippen LogP) is 2.10. The van der Waals surface area contributed by atoms with Crippen molar-refractivity contribution < 1.29 is 23.1 Å². The van der Waals surface area contributed by atoms with Crippen LogP contribution in [-0.4, -0.2) is 30.3 Å². The van der Waals surface area contributed by atoms with Gasteiger partial charge in [0.1, 0.15) is 6.42 Å². The van der Waals surface area contributed by atoms with Gasteiger partial charge in [-0.2, -0.15) is 13.2 Å². The van der Waals surface area contributed by atoms with Crippen LogP contribution in [0, 0.1) is 17.8 Å². The van der Waals surface area contributed by atoms with Crippen LogP contribution in [0.4, 0.5) is 13.2 Å². The molecule has 0 heterocycles. The van der Waals surface area contributed by atoms with E-state index in [1.165, 1.54) is 0 Å². The number of hydrogen-bond donors (Lipinski definition) is 2. The van der Waals surface area contributed by atoms with Crippen LogP contribution in [0.3, 0.4) is 0 Å². The van der Waals surface area contributed by atoms with Gasteiger partial charge >= 0.3 is 6.18 Å². The van der Waals surface area contributed by atoms with E-state index in [0.29, 0.717) is 5.92 Å². The summed E-state index contributed by atoms with van der Waals surface area (Å²) in [5.41, 5.74) is 0. The van der Waals surface area contributed by atoms with E-state index in [2.05, 4.69) is 12.2 Å². The van der Waals surface area contributed by atoms with Gasteiger partial charge in [-0.15, -0.1) is 0 Å². The van der Waals surface area contributed by atoms with Crippen molar-refractivity contribution in [2.45, 2.75) is 38.8 Å². The van der Waals surface area contributed by atoms with Crippen LogP contribution in [-0.2, 0) is 4.79 Å². The van der Waals surface area contributed by atoms with Crippen LogP contribution in [0.5, 0.6) is 0 Å². The summed E-state index contributed by atoms with van der Waals surface area (Å²) in [7, 11) is 0. The number of nitrogens with one attached hydrogen (secondary N) is 1. The molecule has 1 aliphatic rings. The first kappa shape index (κ1) is 15.3. The number of carbonyl (C=O) groups is 1. The zero-order valence-electron chi connectivity index (χ0n) is 10.5. The zero-order chi connectivity index (χ0) is 13.8. The summed E-state index contributed by atoms with van der Waals surface area (Å²) in [5.74, 6) is -0.303. The number of aliphatic hydroxyl groups is 1. The molecule has 1 fully saturated rings. The lowest BCUT2D eigenvalue weighted by Crippen LogP contribution is -2.46. The standard InChI is InChI=1S/C12H20F3NO2/c1-2-3-8-4-9(10(8)7-17)6-16-11(18)5-12(13,14)15/h8-10,17H,2-7H2,1H3,(H,16,18)/t8?,9-,10-/m0/s1. The van der Waals surface area contributed by atoms with Crippen molar-refractivity contribution in [3.05, 3.63) is 0 Å². The molecule has 0 aromatic rings. The van der Waals surface area contributed by atoms with Crippen molar-refractivity contribution in [1.29, 1.82) is 0 Å². The molecule has 0 aliphatic heterocycles. The maximum atomic E-state index is 11.9. The van der Waals surface area contributed by atoms with Gasteiger partial charge in [0.15, 0.2) is 0 Å². The highest BCUT2D eigenvalue weighted by Gasteiger charge is 2.40. The average Bonchev–Trinajstić information content (AvgIpc) is 2.20. The van der Waals surface area contributed by atoms with Crippen LogP contribution in [0.25, 0.3) is 0 Å². The highest BCUT2D eigenvalue weighted by molar-refractivity contribution is 5.76. The Hall–Kier alpha value is -0.780. The van der Waals surface area contributed by atoms with Gasteiger partial charge in [-0.3, -0.25) is 4.79 Å². The van der Waals surface area contributed by atoms with Crippen molar-refractivity contribution in [2.75, 3.05) is 13.2 Å². The molecular formula is C12H20F3NO2. The minimum atomic E-state index is -4.45. The van der Waals surface area contributed by atoms with E-state index in [0.717, 1.165) is 19.3 Å². The SMILES string of the molecule is CCCC1C[C@@H](CNC(=O)CC(F)(F)F)[C@H]1CO. The summed E-state index contributed by atoms with van der Waals surface area (Å²) in [4.78, 5) is 11.0. The van der Waals surface area contributed by atoms with E-state index >= 15 is 0 Å². The average molecular weight is 267 g/mol. The molecular weight excluding hydrogens is 247 g/mol. The molecule has 3 atom stereocenters. The van der Waals surface area contributed by atoms with E-state index in [1.54, 1.807) is 0 Å². The molecule has 0 spiro atoms. The van der Waals surface area contributed by atoms with E-state index < -0.39 is 18.5 Å². The van der Waals surface area contributed by atoms with Crippen LogP contribution in [0.2, 0.25) is 0 Å². The Morgan fingerprint density at radius 1 is 1.39 bits per heavy atom. The molecule has 0 aromatic carbocycles. The summed E-state index contributed by atoms with van der Waals surface area (Å²) in [6.45, 7) is 2.34.